The van der Waals surface area contributed by atoms with Crippen LogP contribution in [0.1, 0.15) is 27.8 Å². The van der Waals surface area contributed by atoms with E-state index in [1.54, 1.807) is 12.3 Å². The molecule has 0 bridgehead atoms. The molecule has 3 aromatic rings. The van der Waals surface area contributed by atoms with E-state index < -0.39 is 0 Å². The van der Waals surface area contributed by atoms with Gasteiger partial charge in [-0.1, -0.05) is 54.1 Å². The second-order valence-corrected chi connectivity index (χ2v) is 6.10. The van der Waals surface area contributed by atoms with E-state index in [-0.39, 0.29) is 5.75 Å². The fraction of sp³-hybridized carbons (Fsp3) is 0.136. The zero-order valence-corrected chi connectivity index (χ0v) is 14.0. The van der Waals surface area contributed by atoms with Crippen molar-refractivity contribution in [2.24, 2.45) is 4.99 Å². The van der Waals surface area contributed by atoms with Crippen LogP contribution in [-0.2, 0) is 6.42 Å². The summed E-state index contributed by atoms with van der Waals surface area (Å²) in [4.78, 5) is 4.54. The van der Waals surface area contributed by atoms with E-state index in [1.807, 2.05) is 49.4 Å². The highest BCUT2D eigenvalue weighted by Crippen LogP contribution is 2.22. The number of aliphatic imine (C=N–C) groups is 1. The minimum absolute atomic E-state index is 0.250. The number of nitrogens with zero attached hydrogens (tertiary/aromatic N) is 1. The normalized spacial score (nSPS) is 11.1. The standard InChI is InChI=1S/C22H21NO/c1-16-8-10-21(17(2)12-16)23-15-20-14-19(9-11-22(20)24)13-18-6-4-3-5-7-18/h3-12,14-15,24H,13H2,1-2H3. The quantitative estimate of drug-likeness (QED) is 0.647. The second-order valence-electron chi connectivity index (χ2n) is 6.10. The summed E-state index contributed by atoms with van der Waals surface area (Å²) in [5.74, 6) is 0.250. The average Bonchev–Trinajstić information content (AvgIpc) is 2.57. The lowest BCUT2D eigenvalue weighted by Crippen LogP contribution is -1.91. The van der Waals surface area contributed by atoms with Crippen LogP contribution in [-0.4, -0.2) is 11.3 Å². The predicted octanol–water partition coefficient (Wildman–Crippen LogP) is 5.35. The van der Waals surface area contributed by atoms with Crippen LogP contribution in [0.25, 0.3) is 0 Å². The lowest BCUT2D eigenvalue weighted by Gasteiger charge is -2.06. The van der Waals surface area contributed by atoms with Gasteiger partial charge in [-0.3, -0.25) is 4.99 Å². The molecule has 0 fully saturated rings. The summed E-state index contributed by atoms with van der Waals surface area (Å²) < 4.78 is 0. The van der Waals surface area contributed by atoms with Crippen LogP contribution in [0.3, 0.4) is 0 Å². The Hall–Kier alpha value is -2.87. The maximum Gasteiger partial charge on any atom is 0.124 e. The Morgan fingerprint density at radius 3 is 2.42 bits per heavy atom. The molecule has 0 unspecified atom stereocenters. The Morgan fingerprint density at radius 1 is 0.875 bits per heavy atom. The van der Waals surface area contributed by atoms with Gasteiger partial charge in [-0.05, 0) is 55.2 Å². The van der Waals surface area contributed by atoms with Gasteiger partial charge in [-0.2, -0.15) is 0 Å². The summed E-state index contributed by atoms with van der Waals surface area (Å²) in [6, 6.07) is 22.2. The fourth-order valence-corrected chi connectivity index (χ4v) is 2.74. The topological polar surface area (TPSA) is 32.6 Å². The van der Waals surface area contributed by atoms with Crippen LogP contribution in [0.5, 0.6) is 5.75 Å². The molecule has 24 heavy (non-hydrogen) atoms. The highest BCUT2D eigenvalue weighted by atomic mass is 16.3. The maximum absolute atomic E-state index is 10.1. The van der Waals surface area contributed by atoms with Crippen LogP contribution in [0.15, 0.2) is 71.7 Å². The Morgan fingerprint density at radius 2 is 1.67 bits per heavy atom. The molecule has 2 heteroatoms. The summed E-state index contributed by atoms with van der Waals surface area (Å²) in [5.41, 5.74) is 6.42. The molecule has 2 nitrogen and oxygen atoms in total. The number of phenols is 1. The number of benzene rings is 3. The lowest BCUT2D eigenvalue weighted by molar-refractivity contribution is 0.474. The summed E-state index contributed by atoms with van der Waals surface area (Å²) in [5, 5.41) is 10.1. The zero-order chi connectivity index (χ0) is 16.9. The number of rotatable bonds is 4. The van der Waals surface area contributed by atoms with Crippen LogP contribution in [0.4, 0.5) is 5.69 Å². The van der Waals surface area contributed by atoms with Crippen molar-refractivity contribution in [1.82, 2.24) is 0 Å². The molecule has 0 aromatic heterocycles. The first kappa shape index (κ1) is 16.0. The third-order valence-corrected chi connectivity index (χ3v) is 4.04. The Bertz CT molecular complexity index is 866. The largest absolute Gasteiger partial charge is 0.507 e. The van der Waals surface area contributed by atoms with E-state index in [2.05, 4.69) is 30.1 Å². The van der Waals surface area contributed by atoms with Gasteiger partial charge in [0.25, 0.3) is 0 Å². The molecule has 0 saturated carbocycles. The van der Waals surface area contributed by atoms with Crippen LogP contribution < -0.4 is 0 Å². The van der Waals surface area contributed by atoms with Gasteiger partial charge in [0.15, 0.2) is 0 Å². The molecular formula is C22H21NO. The fourth-order valence-electron chi connectivity index (χ4n) is 2.74. The van der Waals surface area contributed by atoms with Gasteiger partial charge in [0.05, 0.1) is 5.69 Å². The molecule has 3 aromatic carbocycles. The number of hydrogen-bond donors (Lipinski definition) is 1. The molecule has 0 amide bonds. The van der Waals surface area contributed by atoms with Crippen molar-refractivity contribution in [3.63, 3.8) is 0 Å². The number of aryl methyl sites for hydroxylation is 2. The second kappa shape index (κ2) is 7.14. The molecule has 0 aliphatic heterocycles. The monoisotopic (exact) mass is 315 g/mol. The zero-order valence-electron chi connectivity index (χ0n) is 14.0. The number of phenolic OH excluding ortho intramolecular Hbond substituents is 1. The summed E-state index contributed by atoms with van der Waals surface area (Å²) >= 11 is 0. The molecule has 1 N–H and O–H groups in total. The van der Waals surface area contributed by atoms with Gasteiger partial charge in [0, 0.05) is 11.8 Å². The van der Waals surface area contributed by atoms with Crippen LogP contribution >= 0.6 is 0 Å². The van der Waals surface area contributed by atoms with Crippen LogP contribution in [0, 0.1) is 13.8 Å². The van der Waals surface area contributed by atoms with Crippen LogP contribution in [0.2, 0.25) is 0 Å². The average molecular weight is 315 g/mol. The van der Waals surface area contributed by atoms with Gasteiger partial charge in [-0.15, -0.1) is 0 Å². The Kier molecular flexibility index (Phi) is 4.76. The summed E-state index contributed by atoms with van der Waals surface area (Å²) in [6.07, 6.45) is 2.58. The third kappa shape index (κ3) is 3.90. The molecule has 3 rings (SSSR count). The third-order valence-electron chi connectivity index (χ3n) is 4.04. The highest BCUT2D eigenvalue weighted by molar-refractivity contribution is 5.86. The minimum Gasteiger partial charge on any atom is -0.507 e. The van der Waals surface area contributed by atoms with Crippen molar-refractivity contribution in [3.8, 4) is 5.75 Å². The van der Waals surface area contributed by atoms with Crippen molar-refractivity contribution < 1.29 is 5.11 Å². The molecule has 0 radical (unpaired) electrons. The first-order chi connectivity index (χ1) is 11.6. The first-order valence-electron chi connectivity index (χ1n) is 8.09. The molecule has 0 saturated heterocycles. The van der Waals surface area contributed by atoms with Crippen molar-refractivity contribution in [2.75, 3.05) is 0 Å². The van der Waals surface area contributed by atoms with Crippen molar-refractivity contribution in [2.45, 2.75) is 20.3 Å². The number of hydrogen-bond acceptors (Lipinski definition) is 2. The minimum atomic E-state index is 0.250. The number of aromatic hydroxyl groups is 1. The molecule has 0 aliphatic carbocycles. The SMILES string of the molecule is Cc1ccc(N=Cc2cc(Cc3ccccc3)ccc2O)c(C)c1. The van der Waals surface area contributed by atoms with Gasteiger partial charge in [0.1, 0.15) is 5.75 Å². The molecule has 0 atom stereocenters. The van der Waals surface area contributed by atoms with Gasteiger partial charge < -0.3 is 5.11 Å². The predicted molar refractivity (Wildman–Crippen MR) is 101 cm³/mol. The smallest absolute Gasteiger partial charge is 0.124 e. The summed E-state index contributed by atoms with van der Waals surface area (Å²) in [6.45, 7) is 4.12. The van der Waals surface area contributed by atoms with E-state index in [0.717, 1.165) is 28.8 Å². The summed E-state index contributed by atoms with van der Waals surface area (Å²) in [7, 11) is 0. The molecule has 120 valence electrons. The van der Waals surface area contributed by atoms with E-state index in [0.29, 0.717) is 0 Å². The van der Waals surface area contributed by atoms with Crippen molar-refractivity contribution in [1.29, 1.82) is 0 Å². The van der Waals surface area contributed by atoms with E-state index in [4.69, 9.17) is 0 Å². The van der Waals surface area contributed by atoms with Crippen molar-refractivity contribution >= 4 is 11.9 Å². The molecule has 0 aliphatic rings. The van der Waals surface area contributed by atoms with Gasteiger partial charge in [-0.25, -0.2) is 0 Å². The Labute approximate surface area is 143 Å². The highest BCUT2D eigenvalue weighted by Gasteiger charge is 2.03. The van der Waals surface area contributed by atoms with E-state index in [1.165, 1.54) is 11.1 Å². The van der Waals surface area contributed by atoms with Gasteiger partial charge >= 0.3 is 0 Å². The molecular weight excluding hydrogens is 294 g/mol. The van der Waals surface area contributed by atoms with E-state index >= 15 is 0 Å². The van der Waals surface area contributed by atoms with E-state index in [9.17, 15) is 5.11 Å². The lowest BCUT2D eigenvalue weighted by atomic mass is 10.0. The Balaban J connectivity index is 1.85. The molecule has 0 spiro atoms. The first-order valence-corrected chi connectivity index (χ1v) is 8.09. The molecule has 0 heterocycles. The van der Waals surface area contributed by atoms with Crippen molar-refractivity contribution in [3.05, 3.63) is 94.5 Å². The maximum atomic E-state index is 10.1. The van der Waals surface area contributed by atoms with Gasteiger partial charge in [0.2, 0.25) is 0 Å².